The van der Waals surface area contributed by atoms with Crippen LogP contribution in [0.25, 0.3) is 0 Å². The summed E-state index contributed by atoms with van der Waals surface area (Å²) in [4.78, 5) is 0. The topological polar surface area (TPSA) is 42.3 Å². The Hall–Kier alpha value is -2.37. The summed E-state index contributed by atoms with van der Waals surface area (Å²) in [5, 5.41) is 0. The van der Waals surface area contributed by atoms with Gasteiger partial charge in [0.15, 0.2) is 0 Å². The lowest BCUT2D eigenvalue weighted by molar-refractivity contribution is 0.385. The molecule has 5 heteroatoms. The summed E-state index contributed by atoms with van der Waals surface area (Å²) in [6, 6.07) is 23.7. The molecule has 0 aliphatic carbocycles. The fourth-order valence-corrected chi connectivity index (χ4v) is 4.97. The standard InChI is InChI=1S/C24H30N2O2S/c1-2-3-10-18-26(29(27,28)21-23-14-8-5-9-15-23)20-24-16-11-17-25(24)19-22-12-6-4-7-13-22/h4-9,11-17H,2-3,10,18-21H2,1H3. The van der Waals surface area contributed by atoms with Gasteiger partial charge in [-0.2, -0.15) is 4.31 Å². The molecule has 1 aromatic heterocycles. The predicted octanol–water partition coefficient (Wildman–Crippen LogP) is 5.06. The maximum atomic E-state index is 13.2. The Labute approximate surface area is 174 Å². The van der Waals surface area contributed by atoms with E-state index in [0.29, 0.717) is 13.1 Å². The summed E-state index contributed by atoms with van der Waals surface area (Å²) in [5.41, 5.74) is 3.05. The summed E-state index contributed by atoms with van der Waals surface area (Å²) < 4.78 is 30.2. The molecule has 154 valence electrons. The molecule has 0 amide bonds. The second-order valence-electron chi connectivity index (χ2n) is 7.40. The van der Waals surface area contributed by atoms with E-state index in [2.05, 4.69) is 23.6 Å². The van der Waals surface area contributed by atoms with Crippen LogP contribution in [-0.4, -0.2) is 23.8 Å². The first-order chi connectivity index (χ1) is 14.1. The van der Waals surface area contributed by atoms with Gasteiger partial charge in [0.2, 0.25) is 10.0 Å². The zero-order valence-corrected chi connectivity index (χ0v) is 17.9. The van der Waals surface area contributed by atoms with Crippen LogP contribution in [0.1, 0.15) is 43.0 Å². The van der Waals surface area contributed by atoms with E-state index < -0.39 is 10.0 Å². The van der Waals surface area contributed by atoms with Gasteiger partial charge in [-0.25, -0.2) is 8.42 Å². The highest BCUT2D eigenvalue weighted by molar-refractivity contribution is 7.88. The molecule has 0 spiro atoms. The van der Waals surface area contributed by atoms with Crippen LogP contribution < -0.4 is 0 Å². The number of nitrogens with zero attached hydrogens (tertiary/aromatic N) is 2. The average molecular weight is 411 g/mol. The second-order valence-corrected chi connectivity index (χ2v) is 9.36. The lowest BCUT2D eigenvalue weighted by atomic mass is 10.2. The summed E-state index contributed by atoms with van der Waals surface area (Å²) in [6.07, 6.45) is 5.00. The molecule has 0 N–H and O–H groups in total. The molecule has 0 atom stereocenters. The normalized spacial score (nSPS) is 11.8. The second kappa shape index (κ2) is 10.4. The maximum Gasteiger partial charge on any atom is 0.218 e. The van der Waals surface area contributed by atoms with Crippen molar-refractivity contribution >= 4 is 10.0 Å². The van der Waals surface area contributed by atoms with E-state index >= 15 is 0 Å². The molecule has 3 rings (SSSR count). The van der Waals surface area contributed by atoms with E-state index in [4.69, 9.17) is 0 Å². The summed E-state index contributed by atoms with van der Waals surface area (Å²) >= 11 is 0. The Morgan fingerprint density at radius 1 is 0.828 bits per heavy atom. The third kappa shape index (κ3) is 6.31. The van der Waals surface area contributed by atoms with E-state index in [1.54, 1.807) is 4.31 Å². The molecule has 0 saturated carbocycles. The molecule has 0 radical (unpaired) electrons. The Morgan fingerprint density at radius 2 is 1.48 bits per heavy atom. The molecule has 0 fully saturated rings. The third-order valence-electron chi connectivity index (χ3n) is 5.05. The minimum Gasteiger partial charge on any atom is -0.346 e. The van der Waals surface area contributed by atoms with Crippen molar-refractivity contribution in [2.45, 2.75) is 45.0 Å². The van der Waals surface area contributed by atoms with Crippen molar-refractivity contribution < 1.29 is 8.42 Å². The first-order valence-corrected chi connectivity index (χ1v) is 11.9. The van der Waals surface area contributed by atoms with Crippen LogP contribution in [-0.2, 0) is 28.9 Å². The highest BCUT2D eigenvalue weighted by atomic mass is 32.2. The fraction of sp³-hybridized carbons (Fsp3) is 0.333. The van der Waals surface area contributed by atoms with E-state index in [9.17, 15) is 8.42 Å². The van der Waals surface area contributed by atoms with Crippen molar-refractivity contribution in [3.63, 3.8) is 0 Å². The van der Waals surface area contributed by atoms with Gasteiger partial charge in [-0.3, -0.25) is 0 Å². The fourth-order valence-electron chi connectivity index (χ4n) is 3.44. The Morgan fingerprint density at radius 3 is 2.14 bits per heavy atom. The Kier molecular flexibility index (Phi) is 7.67. The number of sulfonamides is 1. The van der Waals surface area contributed by atoms with Crippen LogP contribution in [0.2, 0.25) is 0 Å². The Bertz CT molecular complexity index is 966. The monoisotopic (exact) mass is 410 g/mol. The van der Waals surface area contributed by atoms with E-state index in [-0.39, 0.29) is 5.75 Å². The Balaban J connectivity index is 1.78. The van der Waals surface area contributed by atoms with E-state index in [1.165, 1.54) is 5.56 Å². The molecule has 1 heterocycles. The molecule has 29 heavy (non-hydrogen) atoms. The van der Waals surface area contributed by atoms with Gasteiger partial charge in [-0.05, 0) is 29.7 Å². The molecular weight excluding hydrogens is 380 g/mol. The first kappa shape index (κ1) is 21.3. The van der Waals surface area contributed by atoms with Gasteiger partial charge in [0.25, 0.3) is 0 Å². The van der Waals surface area contributed by atoms with Crippen molar-refractivity contribution in [2.24, 2.45) is 0 Å². The van der Waals surface area contributed by atoms with Gasteiger partial charge < -0.3 is 4.57 Å². The quantitative estimate of drug-likeness (QED) is 0.415. The van der Waals surface area contributed by atoms with Crippen molar-refractivity contribution in [3.05, 3.63) is 95.8 Å². The highest BCUT2D eigenvalue weighted by Crippen LogP contribution is 2.17. The first-order valence-electron chi connectivity index (χ1n) is 10.3. The molecule has 3 aromatic rings. The largest absolute Gasteiger partial charge is 0.346 e. The smallest absolute Gasteiger partial charge is 0.218 e. The van der Waals surface area contributed by atoms with Gasteiger partial charge in [-0.1, -0.05) is 80.4 Å². The lowest BCUT2D eigenvalue weighted by Crippen LogP contribution is -2.33. The van der Waals surface area contributed by atoms with E-state index in [1.807, 2.05) is 66.9 Å². The summed E-state index contributed by atoms with van der Waals surface area (Å²) in [7, 11) is -3.40. The van der Waals surface area contributed by atoms with Gasteiger partial charge in [-0.15, -0.1) is 0 Å². The van der Waals surface area contributed by atoms with Crippen LogP contribution in [0.4, 0.5) is 0 Å². The van der Waals surface area contributed by atoms with Crippen LogP contribution in [0, 0.1) is 0 Å². The molecule has 0 aliphatic rings. The highest BCUT2D eigenvalue weighted by Gasteiger charge is 2.23. The lowest BCUT2D eigenvalue weighted by Gasteiger charge is -2.23. The molecule has 0 saturated heterocycles. The molecule has 4 nitrogen and oxygen atoms in total. The number of benzene rings is 2. The molecule has 2 aromatic carbocycles. The molecule has 0 aliphatic heterocycles. The maximum absolute atomic E-state index is 13.2. The van der Waals surface area contributed by atoms with E-state index in [0.717, 1.165) is 37.1 Å². The number of unbranched alkanes of at least 4 members (excludes halogenated alkanes) is 2. The van der Waals surface area contributed by atoms with Crippen molar-refractivity contribution in [1.29, 1.82) is 0 Å². The zero-order chi connectivity index (χ0) is 20.5. The SMILES string of the molecule is CCCCCN(Cc1cccn1Cc1ccccc1)S(=O)(=O)Cc1ccccc1. The summed E-state index contributed by atoms with van der Waals surface area (Å²) in [5.74, 6) is 0.0410. The van der Waals surface area contributed by atoms with Gasteiger partial charge >= 0.3 is 0 Å². The minimum atomic E-state index is -3.40. The van der Waals surface area contributed by atoms with Crippen LogP contribution >= 0.6 is 0 Å². The van der Waals surface area contributed by atoms with Gasteiger partial charge in [0.05, 0.1) is 12.3 Å². The zero-order valence-electron chi connectivity index (χ0n) is 17.1. The summed E-state index contributed by atoms with van der Waals surface area (Å²) in [6.45, 7) is 3.83. The molecule has 0 unspecified atom stereocenters. The molecular formula is C24H30N2O2S. The van der Waals surface area contributed by atoms with Crippen LogP contribution in [0.15, 0.2) is 79.0 Å². The van der Waals surface area contributed by atoms with Gasteiger partial charge in [0.1, 0.15) is 0 Å². The predicted molar refractivity (Wildman–Crippen MR) is 119 cm³/mol. The molecule has 0 bridgehead atoms. The minimum absolute atomic E-state index is 0.0410. The number of hydrogen-bond donors (Lipinski definition) is 0. The van der Waals surface area contributed by atoms with Gasteiger partial charge in [0, 0.05) is 25.0 Å². The van der Waals surface area contributed by atoms with Crippen molar-refractivity contribution in [3.8, 4) is 0 Å². The van der Waals surface area contributed by atoms with Crippen LogP contribution in [0.5, 0.6) is 0 Å². The van der Waals surface area contributed by atoms with Crippen molar-refractivity contribution in [1.82, 2.24) is 8.87 Å². The number of aromatic nitrogens is 1. The van der Waals surface area contributed by atoms with Crippen molar-refractivity contribution in [2.75, 3.05) is 6.54 Å². The number of rotatable bonds is 11. The number of hydrogen-bond acceptors (Lipinski definition) is 2. The average Bonchev–Trinajstić information content (AvgIpc) is 3.15. The van der Waals surface area contributed by atoms with Crippen LogP contribution in [0.3, 0.4) is 0 Å². The third-order valence-corrected chi connectivity index (χ3v) is 6.85.